The number of hydrogen-bond donors (Lipinski definition) is 0. The second kappa shape index (κ2) is 4.83. The normalized spacial score (nSPS) is 11.1. The topological polar surface area (TPSA) is 13.1 Å². The second-order valence-corrected chi connectivity index (χ2v) is 6.35. The Bertz CT molecular complexity index is 711. The third-order valence-corrected chi connectivity index (χ3v) is 4.59. The molecule has 1 heterocycles. The van der Waals surface area contributed by atoms with E-state index in [1.165, 1.54) is 0 Å². The van der Waals surface area contributed by atoms with E-state index in [1.807, 2.05) is 36.4 Å². The third-order valence-electron chi connectivity index (χ3n) is 2.65. The molecule has 0 saturated carbocycles. The number of rotatable bonds is 1. The molecule has 0 bridgehead atoms. The van der Waals surface area contributed by atoms with Crippen LogP contribution in [-0.2, 0) is 0 Å². The van der Waals surface area contributed by atoms with E-state index in [0.717, 1.165) is 35.7 Å². The van der Waals surface area contributed by atoms with E-state index in [2.05, 4.69) is 53.9 Å². The lowest BCUT2D eigenvalue weighted by molar-refractivity contribution is 0.630. The van der Waals surface area contributed by atoms with Crippen LogP contribution in [0.25, 0.3) is 22.3 Å². The van der Waals surface area contributed by atoms with E-state index in [-0.39, 0.29) is 0 Å². The van der Waals surface area contributed by atoms with Crippen LogP contribution in [0.1, 0.15) is 0 Å². The summed E-state index contributed by atoms with van der Waals surface area (Å²) in [5.41, 5.74) is 1.86. The summed E-state index contributed by atoms with van der Waals surface area (Å²) in [4.78, 5) is 0. The van der Waals surface area contributed by atoms with Crippen molar-refractivity contribution in [3.05, 3.63) is 55.9 Å². The van der Waals surface area contributed by atoms with Crippen LogP contribution in [0, 0.1) is 6.07 Å². The molecule has 0 spiro atoms. The summed E-state index contributed by atoms with van der Waals surface area (Å²) in [7, 11) is 0. The molecule has 2 aromatic carbocycles. The van der Waals surface area contributed by atoms with Crippen molar-refractivity contribution >= 4 is 58.8 Å². The van der Waals surface area contributed by atoms with Gasteiger partial charge in [0.2, 0.25) is 0 Å². The van der Waals surface area contributed by atoms with Crippen molar-refractivity contribution in [2.45, 2.75) is 0 Å². The average Bonchev–Trinajstić information content (AvgIpc) is 2.74. The Morgan fingerprint density at radius 3 is 2.33 bits per heavy atom. The highest BCUT2D eigenvalue weighted by Gasteiger charge is 2.13. The van der Waals surface area contributed by atoms with Crippen LogP contribution in [0.4, 0.5) is 0 Å². The molecule has 89 valence electrons. The van der Waals surface area contributed by atoms with Gasteiger partial charge < -0.3 is 4.42 Å². The van der Waals surface area contributed by atoms with Crippen LogP contribution >= 0.6 is 47.8 Å². The van der Waals surface area contributed by atoms with Crippen LogP contribution in [0.15, 0.2) is 54.2 Å². The molecular formula is C14H6Br3O. The Morgan fingerprint density at radius 2 is 1.67 bits per heavy atom. The maximum atomic E-state index is 5.89. The molecule has 1 nitrogen and oxygen atoms in total. The first-order valence-electron chi connectivity index (χ1n) is 5.20. The molecule has 0 N–H and O–H groups in total. The minimum absolute atomic E-state index is 0.824. The quantitative estimate of drug-likeness (QED) is 0.449. The first-order chi connectivity index (χ1) is 8.66. The molecule has 0 fully saturated rings. The zero-order chi connectivity index (χ0) is 12.7. The van der Waals surface area contributed by atoms with Gasteiger partial charge in [0.15, 0.2) is 0 Å². The van der Waals surface area contributed by atoms with Crippen LogP contribution in [-0.4, -0.2) is 0 Å². The van der Waals surface area contributed by atoms with E-state index in [0.29, 0.717) is 0 Å². The van der Waals surface area contributed by atoms with Crippen LogP contribution < -0.4 is 0 Å². The van der Waals surface area contributed by atoms with Crippen molar-refractivity contribution in [3.63, 3.8) is 0 Å². The first-order valence-corrected chi connectivity index (χ1v) is 7.58. The van der Waals surface area contributed by atoms with Crippen molar-refractivity contribution in [2.24, 2.45) is 0 Å². The van der Waals surface area contributed by atoms with Gasteiger partial charge in [-0.1, -0.05) is 22.0 Å². The van der Waals surface area contributed by atoms with Crippen molar-refractivity contribution < 1.29 is 4.42 Å². The van der Waals surface area contributed by atoms with Crippen molar-refractivity contribution in [1.29, 1.82) is 0 Å². The molecule has 0 aliphatic carbocycles. The number of benzene rings is 2. The van der Waals surface area contributed by atoms with Gasteiger partial charge in [-0.25, -0.2) is 0 Å². The molecule has 1 radical (unpaired) electrons. The van der Waals surface area contributed by atoms with Gasteiger partial charge in [-0.15, -0.1) is 0 Å². The number of hydrogen-bond acceptors (Lipinski definition) is 1. The van der Waals surface area contributed by atoms with Crippen LogP contribution in [0.3, 0.4) is 0 Å². The van der Waals surface area contributed by atoms with E-state index in [4.69, 9.17) is 4.42 Å². The SMILES string of the molecule is Brc1c[c]cc(Br)c1-c1cc2c(Br)cccc2o1. The van der Waals surface area contributed by atoms with Gasteiger partial charge in [-0.3, -0.25) is 0 Å². The van der Waals surface area contributed by atoms with Crippen molar-refractivity contribution in [1.82, 2.24) is 0 Å². The zero-order valence-corrected chi connectivity index (χ0v) is 13.8. The maximum absolute atomic E-state index is 5.89. The first kappa shape index (κ1) is 12.5. The summed E-state index contributed by atoms with van der Waals surface area (Å²) in [5, 5.41) is 1.07. The van der Waals surface area contributed by atoms with Crippen LogP contribution in [0.5, 0.6) is 0 Å². The van der Waals surface area contributed by atoms with Gasteiger partial charge in [0, 0.05) is 24.4 Å². The minimum Gasteiger partial charge on any atom is -0.456 e. The van der Waals surface area contributed by atoms with E-state index in [9.17, 15) is 0 Å². The summed E-state index contributed by atoms with van der Waals surface area (Å²) in [6, 6.07) is 14.8. The standard InChI is InChI=1S/C14H6Br3O/c15-9-3-2-6-12-8(9)7-13(18-12)14-10(16)4-1-5-11(14)17/h2-7H. The molecule has 0 saturated heterocycles. The lowest BCUT2D eigenvalue weighted by Crippen LogP contribution is -1.78. The molecule has 0 unspecified atom stereocenters. The molecule has 3 rings (SSSR count). The summed E-state index contributed by atoms with van der Waals surface area (Å²) in [6.07, 6.45) is 0. The fourth-order valence-corrected chi connectivity index (χ4v) is 3.64. The van der Waals surface area contributed by atoms with Gasteiger partial charge in [-0.05, 0) is 68.3 Å². The Morgan fingerprint density at radius 1 is 0.944 bits per heavy atom. The Labute approximate surface area is 130 Å². The summed E-state index contributed by atoms with van der Waals surface area (Å²) in [5.74, 6) is 0.824. The Balaban J connectivity index is 2.30. The fraction of sp³-hybridized carbons (Fsp3) is 0. The monoisotopic (exact) mass is 427 g/mol. The maximum Gasteiger partial charge on any atom is 0.137 e. The highest BCUT2D eigenvalue weighted by Crippen LogP contribution is 2.39. The molecule has 0 atom stereocenters. The molecule has 0 aliphatic rings. The second-order valence-electron chi connectivity index (χ2n) is 3.79. The molecule has 0 aliphatic heterocycles. The van der Waals surface area contributed by atoms with Gasteiger partial charge >= 0.3 is 0 Å². The van der Waals surface area contributed by atoms with Crippen molar-refractivity contribution in [3.8, 4) is 11.3 Å². The highest BCUT2D eigenvalue weighted by atomic mass is 79.9. The average molecular weight is 430 g/mol. The molecule has 1 aromatic heterocycles. The molecule has 18 heavy (non-hydrogen) atoms. The lowest BCUT2D eigenvalue weighted by Gasteiger charge is -2.02. The molecule has 3 aromatic rings. The third kappa shape index (κ3) is 2.06. The molecular weight excluding hydrogens is 424 g/mol. The zero-order valence-electron chi connectivity index (χ0n) is 9.01. The smallest absolute Gasteiger partial charge is 0.137 e. The lowest BCUT2D eigenvalue weighted by atomic mass is 10.1. The number of halogens is 3. The Hall–Kier alpha value is -0.580. The van der Waals surface area contributed by atoms with E-state index >= 15 is 0 Å². The van der Waals surface area contributed by atoms with Gasteiger partial charge in [0.25, 0.3) is 0 Å². The Kier molecular flexibility index (Phi) is 3.34. The van der Waals surface area contributed by atoms with E-state index < -0.39 is 0 Å². The molecule has 0 amide bonds. The minimum atomic E-state index is 0.824. The summed E-state index contributed by atoms with van der Waals surface area (Å²) < 4.78 is 8.83. The summed E-state index contributed by atoms with van der Waals surface area (Å²) >= 11 is 10.6. The van der Waals surface area contributed by atoms with Gasteiger partial charge in [-0.2, -0.15) is 0 Å². The largest absolute Gasteiger partial charge is 0.456 e. The van der Waals surface area contributed by atoms with Crippen LogP contribution in [0.2, 0.25) is 0 Å². The highest BCUT2D eigenvalue weighted by molar-refractivity contribution is 9.11. The molecule has 4 heteroatoms. The van der Waals surface area contributed by atoms with E-state index in [1.54, 1.807) is 0 Å². The predicted octanol–water partition coefficient (Wildman–Crippen LogP) is 6.19. The fourth-order valence-electron chi connectivity index (χ4n) is 1.83. The number of furan rings is 1. The van der Waals surface area contributed by atoms with Crippen molar-refractivity contribution in [2.75, 3.05) is 0 Å². The van der Waals surface area contributed by atoms with Gasteiger partial charge in [0.1, 0.15) is 11.3 Å². The predicted molar refractivity (Wildman–Crippen MR) is 83.6 cm³/mol. The van der Waals surface area contributed by atoms with Gasteiger partial charge in [0.05, 0.1) is 0 Å². The summed E-state index contributed by atoms with van der Waals surface area (Å²) in [6.45, 7) is 0. The number of fused-ring (bicyclic) bond motifs is 1.